The summed E-state index contributed by atoms with van der Waals surface area (Å²) in [6, 6.07) is 2.40. The van der Waals surface area contributed by atoms with Crippen LogP contribution in [0.2, 0.25) is 5.02 Å². The molecule has 1 aromatic carbocycles. The summed E-state index contributed by atoms with van der Waals surface area (Å²) in [4.78, 5) is 0. The predicted octanol–water partition coefficient (Wildman–Crippen LogP) is 2.82. The van der Waals surface area contributed by atoms with Gasteiger partial charge in [0, 0.05) is 0 Å². The maximum atomic E-state index is 12.4. The molecule has 1 rings (SSSR count). The Kier molecular flexibility index (Phi) is 2.16. The van der Waals surface area contributed by atoms with E-state index < -0.39 is 5.82 Å². The fraction of sp³-hybridized carbons (Fsp3) is 0. The van der Waals surface area contributed by atoms with E-state index in [4.69, 9.17) is 17.3 Å². The molecular formula is C6H4BrClFN. The molecule has 0 aromatic heterocycles. The highest BCUT2D eigenvalue weighted by Crippen LogP contribution is 2.28. The molecule has 10 heavy (non-hydrogen) atoms. The lowest BCUT2D eigenvalue weighted by molar-refractivity contribution is 0.628. The molecule has 0 aliphatic heterocycles. The Labute approximate surface area is 71.1 Å². The lowest BCUT2D eigenvalue weighted by Gasteiger charge is -1.99. The Morgan fingerprint density at radius 1 is 1.50 bits per heavy atom. The van der Waals surface area contributed by atoms with Crippen LogP contribution in [0.5, 0.6) is 0 Å². The summed E-state index contributed by atoms with van der Waals surface area (Å²) < 4.78 is 13.0. The van der Waals surface area contributed by atoms with Gasteiger partial charge < -0.3 is 5.73 Å². The normalized spacial score (nSPS) is 9.90. The van der Waals surface area contributed by atoms with E-state index in [2.05, 4.69) is 15.9 Å². The summed E-state index contributed by atoms with van der Waals surface area (Å²) in [6.07, 6.45) is 0. The van der Waals surface area contributed by atoms with E-state index in [1.807, 2.05) is 0 Å². The Balaban J connectivity index is 3.31. The minimum atomic E-state index is -0.425. The number of nitrogen functional groups attached to an aromatic ring is 1. The molecule has 0 atom stereocenters. The third kappa shape index (κ3) is 1.41. The first-order valence-electron chi connectivity index (χ1n) is 2.51. The molecule has 4 heteroatoms. The highest BCUT2D eigenvalue weighted by Gasteiger charge is 2.02. The smallest absolute Gasteiger partial charge is 0.126 e. The van der Waals surface area contributed by atoms with Crippen molar-refractivity contribution in [1.82, 2.24) is 0 Å². The van der Waals surface area contributed by atoms with E-state index in [0.717, 1.165) is 0 Å². The van der Waals surface area contributed by atoms with Gasteiger partial charge in [0.15, 0.2) is 0 Å². The number of hydrogen-bond acceptors (Lipinski definition) is 1. The van der Waals surface area contributed by atoms with Gasteiger partial charge in [-0.15, -0.1) is 0 Å². The minimum absolute atomic E-state index is 0.289. The van der Waals surface area contributed by atoms with Crippen LogP contribution in [0.25, 0.3) is 0 Å². The average Bonchev–Trinajstić information content (AvgIpc) is 1.82. The highest BCUT2D eigenvalue weighted by molar-refractivity contribution is 9.10. The molecule has 0 saturated carbocycles. The van der Waals surface area contributed by atoms with Gasteiger partial charge in [-0.05, 0) is 28.1 Å². The molecule has 1 nitrogen and oxygen atoms in total. The summed E-state index contributed by atoms with van der Waals surface area (Å²) in [5, 5.41) is 0.289. The van der Waals surface area contributed by atoms with Crippen molar-refractivity contribution in [1.29, 1.82) is 0 Å². The second-order valence-corrected chi connectivity index (χ2v) is 2.99. The van der Waals surface area contributed by atoms with Crippen molar-refractivity contribution >= 4 is 33.2 Å². The number of halogens is 3. The zero-order valence-corrected chi connectivity index (χ0v) is 7.21. The maximum Gasteiger partial charge on any atom is 0.126 e. The number of hydrogen-bond donors (Lipinski definition) is 1. The van der Waals surface area contributed by atoms with Crippen molar-refractivity contribution in [3.63, 3.8) is 0 Å². The van der Waals surface area contributed by atoms with Gasteiger partial charge in [-0.3, -0.25) is 0 Å². The summed E-state index contributed by atoms with van der Waals surface area (Å²) >= 11 is 8.64. The van der Waals surface area contributed by atoms with Crippen LogP contribution in [0.3, 0.4) is 0 Å². The first-order chi connectivity index (χ1) is 4.61. The van der Waals surface area contributed by atoms with Crippen molar-refractivity contribution < 1.29 is 4.39 Å². The molecule has 0 aliphatic rings. The Bertz CT molecular complexity index is 241. The van der Waals surface area contributed by atoms with Gasteiger partial charge >= 0.3 is 0 Å². The first-order valence-corrected chi connectivity index (χ1v) is 3.68. The SMILES string of the molecule is Nc1cc(F)cc(Cl)c1Br. The molecule has 0 spiro atoms. The van der Waals surface area contributed by atoms with Crippen LogP contribution in [0.1, 0.15) is 0 Å². The van der Waals surface area contributed by atoms with E-state index >= 15 is 0 Å². The van der Waals surface area contributed by atoms with Crippen LogP contribution >= 0.6 is 27.5 Å². The Morgan fingerprint density at radius 3 is 2.60 bits per heavy atom. The molecular weight excluding hydrogens is 220 g/mol. The zero-order chi connectivity index (χ0) is 7.72. The second-order valence-electron chi connectivity index (χ2n) is 1.79. The largest absolute Gasteiger partial charge is 0.398 e. The van der Waals surface area contributed by atoms with Gasteiger partial charge in [0.1, 0.15) is 5.82 Å². The standard InChI is InChI=1S/C6H4BrClFN/c7-6-4(8)1-3(9)2-5(6)10/h1-2H,10H2. The first kappa shape index (κ1) is 7.82. The molecule has 0 fully saturated rings. The number of anilines is 1. The minimum Gasteiger partial charge on any atom is -0.398 e. The molecule has 0 aliphatic carbocycles. The maximum absolute atomic E-state index is 12.4. The molecule has 2 N–H and O–H groups in total. The van der Waals surface area contributed by atoms with E-state index in [0.29, 0.717) is 10.2 Å². The van der Waals surface area contributed by atoms with Crippen molar-refractivity contribution in [3.05, 3.63) is 27.4 Å². The van der Waals surface area contributed by atoms with E-state index in [-0.39, 0.29) is 5.02 Å². The van der Waals surface area contributed by atoms with Crippen molar-refractivity contribution in [3.8, 4) is 0 Å². The predicted molar refractivity (Wildman–Crippen MR) is 43.5 cm³/mol. The van der Waals surface area contributed by atoms with Crippen molar-refractivity contribution in [2.24, 2.45) is 0 Å². The summed E-state index contributed by atoms with van der Waals surface area (Å²) in [6.45, 7) is 0. The summed E-state index contributed by atoms with van der Waals surface area (Å²) in [5.74, 6) is -0.425. The average molecular weight is 224 g/mol. The lowest BCUT2D eigenvalue weighted by atomic mass is 10.3. The molecule has 0 unspecified atom stereocenters. The molecule has 1 aromatic rings. The Hall–Kier alpha value is -0.280. The van der Waals surface area contributed by atoms with Crippen LogP contribution < -0.4 is 5.73 Å². The number of rotatable bonds is 0. The van der Waals surface area contributed by atoms with Crippen LogP contribution in [0.4, 0.5) is 10.1 Å². The van der Waals surface area contributed by atoms with Gasteiger partial charge in [0.2, 0.25) is 0 Å². The highest BCUT2D eigenvalue weighted by atomic mass is 79.9. The quantitative estimate of drug-likeness (QED) is 0.532. The van der Waals surface area contributed by atoms with Crippen LogP contribution in [-0.2, 0) is 0 Å². The third-order valence-corrected chi connectivity index (χ3v) is 2.43. The second kappa shape index (κ2) is 2.76. The monoisotopic (exact) mass is 223 g/mol. The third-order valence-electron chi connectivity index (χ3n) is 1.02. The fourth-order valence-corrected chi connectivity index (χ4v) is 1.02. The summed E-state index contributed by atoms with van der Waals surface area (Å²) in [7, 11) is 0. The zero-order valence-electron chi connectivity index (χ0n) is 4.87. The van der Waals surface area contributed by atoms with E-state index in [1.165, 1.54) is 12.1 Å². The number of benzene rings is 1. The van der Waals surface area contributed by atoms with E-state index in [9.17, 15) is 4.39 Å². The molecule has 0 amide bonds. The molecule has 0 saturated heterocycles. The van der Waals surface area contributed by atoms with Crippen molar-refractivity contribution in [2.45, 2.75) is 0 Å². The van der Waals surface area contributed by atoms with Gasteiger partial charge in [0.25, 0.3) is 0 Å². The lowest BCUT2D eigenvalue weighted by Crippen LogP contribution is -1.88. The topological polar surface area (TPSA) is 26.0 Å². The fourth-order valence-electron chi connectivity index (χ4n) is 0.576. The van der Waals surface area contributed by atoms with Gasteiger partial charge in [-0.2, -0.15) is 0 Å². The van der Waals surface area contributed by atoms with E-state index in [1.54, 1.807) is 0 Å². The molecule has 0 radical (unpaired) electrons. The molecule has 0 heterocycles. The van der Waals surface area contributed by atoms with Crippen LogP contribution in [0.15, 0.2) is 16.6 Å². The van der Waals surface area contributed by atoms with Crippen LogP contribution in [0, 0.1) is 5.82 Å². The Morgan fingerprint density at radius 2 is 2.10 bits per heavy atom. The number of nitrogens with two attached hydrogens (primary N) is 1. The summed E-state index contributed by atoms with van der Waals surface area (Å²) in [5.41, 5.74) is 5.66. The molecule has 54 valence electrons. The van der Waals surface area contributed by atoms with Gasteiger partial charge in [0.05, 0.1) is 15.2 Å². The van der Waals surface area contributed by atoms with Gasteiger partial charge in [-0.25, -0.2) is 4.39 Å². The molecule has 0 bridgehead atoms. The van der Waals surface area contributed by atoms with Gasteiger partial charge in [-0.1, -0.05) is 11.6 Å². The van der Waals surface area contributed by atoms with Crippen LogP contribution in [-0.4, -0.2) is 0 Å². The van der Waals surface area contributed by atoms with Crippen molar-refractivity contribution in [2.75, 3.05) is 5.73 Å².